The molecule has 6 nitrogen and oxygen atoms in total. The van der Waals surface area contributed by atoms with E-state index in [9.17, 15) is 14.3 Å². The van der Waals surface area contributed by atoms with Gasteiger partial charge in [0.25, 0.3) is 0 Å². The van der Waals surface area contributed by atoms with E-state index in [1.165, 1.54) is 6.07 Å². The van der Waals surface area contributed by atoms with E-state index in [-0.39, 0.29) is 30.8 Å². The minimum Gasteiger partial charge on any atom is -0.449 e. The predicted molar refractivity (Wildman–Crippen MR) is 143 cm³/mol. The lowest BCUT2D eigenvalue weighted by atomic mass is 9.94. The number of nitrogens with one attached hydrogen (secondary N) is 1. The Morgan fingerprint density at radius 2 is 1.86 bits per heavy atom. The molecule has 0 heterocycles. The number of aryl methyl sites for hydroxylation is 1. The zero-order chi connectivity index (χ0) is 27.2. The van der Waals surface area contributed by atoms with Crippen LogP contribution in [-0.2, 0) is 11.2 Å². The summed E-state index contributed by atoms with van der Waals surface area (Å²) in [5, 5.41) is 23.1. The molecular formula is C29H33ClFNO5. The fourth-order valence-electron chi connectivity index (χ4n) is 4.14. The van der Waals surface area contributed by atoms with Gasteiger partial charge in [0.05, 0.1) is 18.8 Å². The molecule has 0 aliphatic heterocycles. The van der Waals surface area contributed by atoms with Crippen molar-refractivity contribution in [1.29, 1.82) is 0 Å². The zero-order valence-electron chi connectivity index (χ0n) is 21.4. The van der Waals surface area contributed by atoms with Gasteiger partial charge in [-0.1, -0.05) is 48.0 Å². The van der Waals surface area contributed by atoms with Gasteiger partial charge in [-0.2, -0.15) is 0 Å². The number of aliphatic hydroxyl groups is 1. The molecule has 0 fully saturated rings. The van der Waals surface area contributed by atoms with Gasteiger partial charge >= 0.3 is 6.16 Å². The van der Waals surface area contributed by atoms with Crippen LogP contribution in [0.2, 0.25) is 5.02 Å². The first kappa shape index (κ1) is 28.6. The van der Waals surface area contributed by atoms with E-state index >= 15 is 0 Å². The normalized spacial score (nSPS) is 13.3. The third kappa shape index (κ3) is 8.27. The Labute approximate surface area is 222 Å². The second-order valence-corrected chi connectivity index (χ2v) is 10.2. The number of halogens is 2. The van der Waals surface area contributed by atoms with Crippen LogP contribution in [0.25, 0.3) is 11.1 Å². The summed E-state index contributed by atoms with van der Waals surface area (Å²) in [6, 6.07) is 17.7. The van der Waals surface area contributed by atoms with Crippen molar-refractivity contribution in [2.75, 3.05) is 13.2 Å². The molecule has 8 heteroatoms. The molecule has 0 bridgehead atoms. The molecule has 0 amide bonds. The van der Waals surface area contributed by atoms with Crippen molar-refractivity contribution >= 4 is 17.8 Å². The first-order chi connectivity index (χ1) is 17.4. The van der Waals surface area contributed by atoms with Crippen molar-refractivity contribution in [2.24, 2.45) is 0 Å². The molecule has 0 saturated heterocycles. The molecule has 2 atom stereocenters. The molecule has 0 spiro atoms. The van der Waals surface area contributed by atoms with Gasteiger partial charge in [-0.15, -0.1) is 0 Å². The minimum atomic E-state index is -1.35. The molecule has 37 heavy (non-hydrogen) atoms. The van der Waals surface area contributed by atoms with E-state index in [4.69, 9.17) is 26.2 Å². The van der Waals surface area contributed by atoms with Crippen LogP contribution in [0, 0.1) is 12.7 Å². The fourth-order valence-corrected chi connectivity index (χ4v) is 4.30. The second kappa shape index (κ2) is 12.5. The van der Waals surface area contributed by atoms with E-state index in [0.717, 1.165) is 16.7 Å². The molecule has 198 valence electrons. The molecule has 3 aromatic rings. The van der Waals surface area contributed by atoms with Crippen molar-refractivity contribution < 1.29 is 28.9 Å². The van der Waals surface area contributed by atoms with Gasteiger partial charge in [0, 0.05) is 17.1 Å². The monoisotopic (exact) mass is 529 g/mol. The van der Waals surface area contributed by atoms with Gasteiger partial charge in [-0.3, -0.25) is 0 Å². The van der Waals surface area contributed by atoms with Gasteiger partial charge in [0.1, 0.15) is 11.6 Å². The van der Waals surface area contributed by atoms with E-state index in [0.29, 0.717) is 22.6 Å². The summed E-state index contributed by atoms with van der Waals surface area (Å²) in [5.41, 5.74) is 3.58. The summed E-state index contributed by atoms with van der Waals surface area (Å²) >= 11 is 5.84. The number of carbonyl (C=O) groups is 1. The quantitative estimate of drug-likeness (QED) is 0.192. The molecular weight excluding hydrogens is 497 g/mol. The highest BCUT2D eigenvalue weighted by Crippen LogP contribution is 2.32. The Morgan fingerprint density at radius 3 is 2.54 bits per heavy atom. The molecule has 3 aromatic carbocycles. The van der Waals surface area contributed by atoms with Crippen LogP contribution in [-0.4, -0.2) is 41.2 Å². The van der Waals surface area contributed by atoms with E-state index in [1.54, 1.807) is 31.2 Å². The van der Waals surface area contributed by atoms with Gasteiger partial charge < -0.3 is 25.0 Å². The molecule has 0 saturated carbocycles. The highest BCUT2D eigenvalue weighted by atomic mass is 35.5. The van der Waals surface area contributed by atoms with Crippen LogP contribution in [0.15, 0.2) is 60.7 Å². The number of aliphatic hydroxyl groups excluding tert-OH is 1. The first-order valence-electron chi connectivity index (χ1n) is 12.0. The van der Waals surface area contributed by atoms with Gasteiger partial charge in [0.2, 0.25) is 0 Å². The maximum atomic E-state index is 14.2. The van der Waals surface area contributed by atoms with Crippen LogP contribution in [0.5, 0.6) is 5.75 Å². The summed E-state index contributed by atoms with van der Waals surface area (Å²) in [5.74, 6) is -0.0617. The molecule has 1 unspecified atom stereocenters. The number of carboxylic acid groups (broad SMARTS) is 1. The van der Waals surface area contributed by atoms with E-state index < -0.39 is 17.8 Å². The van der Waals surface area contributed by atoms with Crippen molar-refractivity contribution in [1.82, 2.24) is 5.32 Å². The van der Waals surface area contributed by atoms with Crippen LogP contribution in [0.3, 0.4) is 0 Å². The molecule has 0 aliphatic rings. The minimum absolute atomic E-state index is 0.109. The van der Waals surface area contributed by atoms with Gasteiger partial charge in [0.15, 0.2) is 0 Å². The Bertz CT molecular complexity index is 1230. The Morgan fingerprint density at radius 1 is 1.14 bits per heavy atom. The molecule has 0 aliphatic carbocycles. The Balaban J connectivity index is 1.59. The number of benzene rings is 3. The number of hydrogen-bond donors (Lipinski definition) is 3. The lowest BCUT2D eigenvalue weighted by Gasteiger charge is -2.28. The maximum Gasteiger partial charge on any atom is 0.511 e. The summed E-state index contributed by atoms with van der Waals surface area (Å²) < 4.78 is 25.0. The average molecular weight is 530 g/mol. The van der Waals surface area contributed by atoms with E-state index in [1.807, 2.05) is 51.1 Å². The summed E-state index contributed by atoms with van der Waals surface area (Å²) in [7, 11) is 0. The van der Waals surface area contributed by atoms with Crippen LogP contribution in [0.1, 0.15) is 43.6 Å². The topological polar surface area (TPSA) is 88.0 Å². The van der Waals surface area contributed by atoms with Crippen molar-refractivity contribution in [3.63, 3.8) is 0 Å². The summed E-state index contributed by atoms with van der Waals surface area (Å²) in [4.78, 5) is 10.9. The maximum absolute atomic E-state index is 14.2. The lowest BCUT2D eigenvalue weighted by molar-refractivity contribution is -0.00398. The fraction of sp³-hybridized carbons (Fsp3) is 0.345. The Kier molecular flexibility index (Phi) is 9.68. The standard InChI is InChI=1S/C29H33ClFNO5/c1-18-13-20(10-12-27(18)37-28(34)35)25-8-6-5-7-24(25)19(2)36-17-23(33)16-32-29(3,4)15-21-9-11-22(30)14-26(21)31/h5-14,19,23,32-33H,15-17H2,1-4H3,(H,34,35)/t19?,23-/m1/s1. The largest absolute Gasteiger partial charge is 0.511 e. The predicted octanol–water partition coefficient (Wildman–Crippen LogP) is 6.56. The lowest BCUT2D eigenvalue weighted by Crippen LogP contribution is -2.46. The van der Waals surface area contributed by atoms with Crippen LogP contribution in [0.4, 0.5) is 9.18 Å². The van der Waals surface area contributed by atoms with Crippen molar-refractivity contribution in [2.45, 2.75) is 51.9 Å². The summed E-state index contributed by atoms with van der Waals surface area (Å²) in [6.45, 7) is 7.99. The highest BCUT2D eigenvalue weighted by molar-refractivity contribution is 6.30. The van der Waals surface area contributed by atoms with Gasteiger partial charge in [-0.25, -0.2) is 9.18 Å². The first-order valence-corrected chi connectivity index (χ1v) is 12.4. The third-order valence-electron chi connectivity index (χ3n) is 6.08. The average Bonchev–Trinajstić information content (AvgIpc) is 2.84. The number of rotatable bonds is 11. The number of hydrogen-bond acceptors (Lipinski definition) is 5. The van der Waals surface area contributed by atoms with Crippen molar-refractivity contribution in [3.8, 4) is 16.9 Å². The molecule has 3 rings (SSSR count). The van der Waals surface area contributed by atoms with Crippen LogP contribution < -0.4 is 10.1 Å². The number of β-amino-alcohol motifs (C(OH)–C–C–N with tert-alkyl or cyclic N) is 1. The smallest absolute Gasteiger partial charge is 0.449 e. The van der Waals surface area contributed by atoms with Crippen molar-refractivity contribution in [3.05, 3.63) is 88.2 Å². The molecule has 3 N–H and O–H groups in total. The third-order valence-corrected chi connectivity index (χ3v) is 6.32. The number of ether oxygens (including phenoxy) is 2. The van der Waals surface area contributed by atoms with Crippen LogP contribution >= 0.6 is 11.6 Å². The summed E-state index contributed by atoms with van der Waals surface area (Å²) in [6.07, 6.45) is -1.99. The second-order valence-electron chi connectivity index (χ2n) is 9.74. The zero-order valence-corrected chi connectivity index (χ0v) is 22.2. The Hall–Kier alpha value is -2.97. The molecule has 0 radical (unpaired) electrons. The highest BCUT2D eigenvalue weighted by Gasteiger charge is 2.22. The SMILES string of the molecule is Cc1cc(-c2ccccc2C(C)OC[C@H](O)CNC(C)(C)Cc2ccc(Cl)cc2F)ccc1OC(=O)O. The van der Waals surface area contributed by atoms with E-state index in [2.05, 4.69) is 5.32 Å². The van der Waals surface area contributed by atoms with Gasteiger partial charge in [-0.05, 0) is 86.2 Å². The molecule has 0 aromatic heterocycles.